The maximum absolute atomic E-state index is 13.2. The first-order chi connectivity index (χ1) is 15.8. The number of nitrogens with one attached hydrogen (secondary N) is 1. The first-order valence-electron chi connectivity index (χ1n) is 10.2. The average molecular weight is 464 g/mol. The van der Waals surface area contributed by atoms with E-state index in [1.807, 2.05) is 30.3 Å². The second-order valence-corrected chi connectivity index (χ2v) is 9.20. The fraction of sp³-hybridized carbons (Fsp3) is 0.125. The number of benzene rings is 3. The summed E-state index contributed by atoms with van der Waals surface area (Å²) < 4.78 is 22.8. The molecule has 3 amide bonds. The lowest BCUT2D eigenvalue weighted by molar-refractivity contribution is -0.125. The van der Waals surface area contributed by atoms with Crippen molar-refractivity contribution in [2.45, 2.75) is 23.9 Å². The van der Waals surface area contributed by atoms with E-state index in [1.165, 1.54) is 24.3 Å². The Kier molecular flexibility index (Phi) is 6.08. The third-order valence-corrected chi connectivity index (χ3v) is 6.36. The minimum Gasteiger partial charge on any atom is -0.350 e. The SMILES string of the molecule is NS(=O)(=O)c1ccc(CNC(=O)C(Cc2ccccc2)N2C(=O)c3ccccc3C2=O)cc1. The van der Waals surface area contributed by atoms with Crippen LogP contribution in [0.4, 0.5) is 0 Å². The van der Waals surface area contributed by atoms with Crippen molar-refractivity contribution < 1.29 is 22.8 Å². The number of hydrogen-bond acceptors (Lipinski definition) is 5. The molecule has 1 heterocycles. The van der Waals surface area contributed by atoms with Gasteiger partial charge in [0, 0.05) is 13.0 Å². The van der Waals surface area contributed by atoms with E-state index in [9.17, 15) is 22.8 Å². The summed E-state index contributed by atoms with van der Waals surface area (Å²) in [5.74, 6) is -1.52. The molecule has 0 radical (unpaired) electrons. The van der Waals surface area contributed by atoms with E-state index in [-0.39, 0.29) is 29.0 Å². The smallest absolute Gasteiger partial charge is 0.262 e. The highest BCUT2D eigenvalue weighted by atomic mass is 32.2. The number of rotatable bonds is 7. The topological polar surface area (TPSA) is 127 Å². The number of nitrogens with zero attached hydrogens (tertiary/aromatic N) is 1. The molecule has 0 saturated carbocycles. The van der Waals surface area contributed by atoms with Gasteiger partial charge in [-0.15, -0.1) is 0 Å². The zero-order chi connectivity index (χ0) is 23.6. The van der Waals surface area contributed by atoms with Gasteiger partial charge in [0.25, 0.3) is 11.8 Å². The second-order valence-electron chi connectivity index (χ2n) is 7.64. The molecule has 8 nitrogen and oxygen atoms in total. The first-order valence-corrected chi connectivity index (χ1v) is 11.7. The van der Waals surface area contributed by atoms with Gasteiger partial charge in [0.05, 0.1) is 16.0 Å². The molecule has 1 aliphatic rings. The summed E-state index contributed by atoms with van der Waals surface area (Å²) in [6.45, 7) is 0.0815. The van der Waals surface area contributed by atoms with Crippen LogP contribution in [0.3, 0.4) is 0 Å². The molecule has 1 atom stereocenters. The molecular formula is C24H21N3O5S. The molecule has 168 valence electrons. The number of imide groups is 1. The number of carbonyl (C=O) groups is 3. The molecule has 3 N–H and O–H groups in total. The third-order valence-electron chi connectivity index (χ3n) is 5.43. The number of fused-ring (bicyclic) bond motifs is 1. The fourth-order valence-corrected chi connectivity index (χ4v) is 4.25. The highest BCUT2D eigenvalue weighted by Gasteiger charge is 2.42. The van der Waals surface area contributed by atoms with Crippen LogP contribution in [-0.4, -0.2) is 37.1 Å². The van der Waals surface area contributed by atoms with E-state index in [0.29, 0.717) is 5.56 Å². The lowest BCUT2D eigenvalue weighted by atomic mass is 10.0. The molecule has 3 aromatic carbocycles. The van der Waals surface area contributed by atoms with E-state index in [4.69, 9.17) is 5.14 Å². The summed E-state index contributed by atoms with van der Waals surface area (Å²) in [5.41, 5.74) is 1.97. The van der Waals surface area contributed by atoms with Gasteiger partial charge in [-0.1, -0.05) is 54.6 Å². The van der Waals surface area contributed by atoms with Crippen LogP contribution in [0.1, 0.15) is 31.8 Å². The van der Waals surface area contributed by atoms with Crippen molar-refractivity contribution >= 4 is 27.7 Å². The van der Waals surface area contributed by atoms with Crippen molar-refractivity contribution in [3.05, 3.63) is 101 Å². The van der Waals surface area contributed by atoms with Gasteiger partial charge in [0.15, 0.2) is 0 Å². The van der Waals surface area contributed by atoms with Gasteiger partial charge < -0.3 is 5.32 Å². The second kappa shape index (κ2) is 8.97. The Hall–Kier alpha value is -3.82. The minimum atomic E-state index is -3.82. The molecule has 33 heavy (non-hydrogen) atoms. The van der Waals surface area contributed by atoms with E-state index in [1.54, 1.807) is 24.3 Å². The maximum Gasteiger partial charge on any atom is 0.262 e. The summed E-state index contributed by atoms with van der Waals surface area (Å²) in [5, 5.41) is 7.86. The first kappa shape index (κ1) is 22.4. The lowest BCUT2D eigenvalue weighted by Crippen LogP contribution is -2.50. The largest absolute Gasteiger partial charge is 0.350 e. The van der Waals surface area contributed by atoms with Gasteiger partial charge in [-0.2, -0.15) is 0 Å². The normalized spacial score (nSPS) is 14.2. The van der Waals surface area contributed by atoms with Crippen LogP contribution in [0, 0.1) is 0 Å². The maximum atomic E-state index is 13.2. The van der Waals surface area contributed by atoms with E-state index in [2.05, 4.69) is 5.32 Å². The molecule has 4 rings (SSSR count). The van der Waals surface area contributed by atoms with Crippen LogP contribution in [0.25, 0.3) is 0 Å². The Labute approximate surface area is 191 Å². The molecule has 3 aromatic rings. The summed E-state index contributed by atoms with van der Waals surface area (Å²) >= 11 is 0. The summed E-state index contributed by atoms with van der Waals surface area (Å²) in [6, 6.07) is 20.3. The molecule has 0 aromatic heterocycles. The highest BCUT2D eigenvalue weighted by molar-refractivity contribution is 7.89. The molecule has 0 fully saturated rings. The molecule has 1 aliphatic heterocycles. The summed E-state index contributed by atoms with van der Waals surface area (Å²) in [7, 11) is -3.82. The summed E-state index contributed by atoms with van der Waals surface area (Å²) in [4.78, 5) is 40.2. The number of hydrogen-bond donors (Lipinski definition) is 2. The van der Waals surface area contributed by atoms with Gasteiger partial charge >= 0.3 is 0 Å². The summed E-state index contributed by atoms with van der Waals surface area (Å²) in [6.07, 6.45) is 0.155. The van der Waals surface area contributed by atoms with Crippen LogP contribution in [-0.2, 0) is 27.8 Å². The van der Waals surface area contributed by atoms with Crippen LogP contribution in [0.15, 0.2) is 83.8 Å². The Balaban J connectivity index is 1.57. The molecule has 0 spiro atoms. The quantitative estimate of drug-likeness (QED) is 0.517. The van der Waals surface area contributed by atoms with Crippen molar-refractivity contribution in [2.24, 2.45) is 5.14 Å². The number of sulfonamides is 1. The molecular weight excluding hydrogens is 442 g/mol. The average Bonchev–Trinajstić information content (AvgIpc) is 3.06. The molecule has 0 aliphatic carbocycles. The molecule has 1 unspecified atom stereocenters. The number of amides is 3. The van der Waals surface area contributed by atoms with Crippen molar-refractivity contribution in [3.63, 3.8) is 0 Å². The van der Waals surface area contributed by atoms with E-state index < -0.39 is 33.8 Å². The zero-order valence-electron chi connectivity index (χ0n) is 17.5. The van der Waals surface area contributed by atoms with Crippen LogP contribution < -0.4 is 10.5 Å². The molecule has 0 saturated heterocycles. The zero-order valence-corrected chi connectivity index (χ0v) is 18.3. The van der Waals surface area contributed by atoms with Gasteiger partial charge in [-0.25, -0.2) is 13.6 Å². The van der Waals surface area contributed by atoms with Gasteiger partial charge in [0.1, 0.15) is 6.04 Å². The van der Waals surface area contributed by atoms with E-state index >= 15 is 0 Å². The lowest BCUT2D eigenvalue weighted by Gasteiger charge is -2.25. The van der Waals surface area contributed by atoms with Crippen LogP contribution >= 0.6 is 0 Å². The van der Waals surface area contributed by atoms with Crippen LogP contribution in [0.2, 0.25) is 0 Å². The number of nitrogens with two attached hydrogens (primary N) is 1. The Morgan fingerprint density at radius 2 is 1.36 bits per heavy atom. The van der Waals surface area contributed by atoms with E-state index in [0.717, 1.165) is 10.5 Å². The monoisotopic (exact) mass is 463 g/mol. The Morgan fingerprint density at radius 1 is 0.818 bits per heavy atom. The third kappa shape index (κ3) is 4.69. The number of primary sulfonamides is 1. The van der Waals surface area contributed by atoms with Crippen LogP contribution in [0.5, 0.6) is 0 Å². The molecule has 0 bridgehead atoms. The van der Waals surface area contributed by atoms with Crippen molar-refractivity contribution in [1.82, 2.24) is 10.2 Å². The Bertz CT molecular complexity index is 1290. The standard InChI is InChI=1S/C24H21N3O5S/c25-33(31,32)18-12-10-17(11-13-18)15-26-22(28)21(14-16-6-2-1-3-7-16)27-23(29)19-8-4-5-9-20(19)24(27)30/h1-13,21H,14-15H2,(H,26,28)(H2,25,31,32). The van der Waals surface area contributed by atoms with Gasteiger partial charge in [-0.05, 0) is 35.4 Å². The Morgan fingerprint density at radius 3 is 1.91 bits per heavy atom. The highest BCUT2D eigenvalue weighted by Crippen LogP contribution is 2.26. The van der Waals surface area contributed by atoms with Gasteiger partial charge in [0.2, 0.25) is 15.9 Å². The predicted molar refractivity (Wildman–Crippen MR) is 121 cm³/mol. The predicted octanol–water partition coefficient (Wildman–Crippen LogP) is 1.86. The minimum absolute atomic E-state index is 0.0365. The number of carbonyl (C=O) groups excluding carboxylic acids is 3. The molecule has 9 heteroatoms. The van der Waals surface area contributed by atoms with Crippen molar-refractivity contribution in [1.29, 1.82) is 0 Å². The fourth-order valence-electron chi connectivity index (χ4n) is 3.73. The van der Waals surface area contributed by atoms with Crippen molar-refractivity contribution in [2.75, 3.05) is 0 Å². The van der Waals surface area contributed by atoms with Crippen molar-refractivity contribution in [3.8, 4) is 0 Å². The van der Waals surface area contributed by atoms with Gasteiger partial charge in [-0.3, -0.25) is 19.3 Å².